The minimum absolute atomic E-state index is 0.205. The van der Waals surface area contributed by atoms with E-state index in [0.29, 0.717) is 11.4 Å². The highest BCUT2D eigenvalue weighted by Crippen LogP contribution is 2.20. The van der Waals surface area contributed by atoms with Gasteiger partial charge in [0.2, 0.25) is 0 Å². The highest BCUT2D eigenvalue weighted by molar-refractivity contribution is 5.63. The number of aromatic nitrogens is 2. The molecule has 0 aliphatic rings. The zero-order valence-electron chi connectivity index (χ0n) is 12.5. The summed E-state index contributed by atoms with van der Waals surface area (Å²) in [6.07, 6.45) is 1.69. The average molecular weight is 292 g/mol. The van der Waals surface area contributed by atoms with Gasteiger partial charge in [-0.25, -0.2) is 4.98 Å². The van der Waals surface area contributed by atoms with Crippen molar-refractivity contribution in [3.8, 4) is 28.3 Å². The number of hydrogen-bond donors (Lipinski definition) is 1. The molecule has 0 radical (unpaired) electrons. The summed E-state index contributed by atoms with van der Waals surface area (Å²) in [5.74, 6) is 0.747. The van der Waals surface area contributed by atoms with Gasteiger partial charge in [0.25, 0.3) is 5.56 Å². The Hall–Kier alpha value is -2.88. The van der Waals surface area contributed by atoms with Gasteiger partial charge in [-0.05, 0) is 36.8 Å². The Morgan fingerprint density at radius 1 is 0.955 bits per heavy atom. The van der Waals surface area contributed by atoms with Gasteiger partial charge in [0, 0.05) is 5.56 Å². The van der Waals surface area contributed by atoms with Gasteiger partial charge in [-0.15, -0.1) is 0 Å². The summed E-state index contributed by atoms with van der Waals surface area (Å²) in [4.78, 5) is 19.5. The molecule has 4 nitrogen and oxygen atoms in total. The molecule has 0 atom stereocenters. The molecule has 0 unspecified atom stereocenters. The smallest absolute Gasteiger partial charge is 0.274 e. The standard InChI is InChI=1S/C18H16N2O2/c1-12-3-5-13(6-4-12)16-11-19-17(18(21)20-16)14-7-9-15(22-2)10-8-14/h3-11H,1-2H3,(H,20,21). The third-order valence-electron chi connectivity index (χ3n) is 3.51. The Balaban J connectivity index is 1.98. The predicted molar refractivity (Wildman–Crippen MR) is 87.0 cm³/mol. The van der Waals surface area contributed by atoms with E-state index in [-0.39, 0.29) is 5.56 Å². The molecule has 4 heteroatoms. The van der Waals surface area contributed by atoms with Gasteiger partial charge in [0.05, 0.1) is 19.0 Å². The molecule has 0 saturated heterocycles. The molecule has 0 bridgehead atoms. The number of aryl methyl sites for hydroxylation is 1. The molecule has 1 heterocycles. The second kappa shape index (κ2) is 5.85. The third kappa shape index (κ3) is 2.76. The van der Waals surface area contributed by atoms with E-state index < -0.39 is 0 Å². The fraction of sp³-hybridized carbons (Fsp3) is 0.111. The molecule has 1 N–H and O–H groups in total. The van der Waals surface area contributed by atoms with Crippen molar-refractivity contribution in [2.45, 2.75) is 6.92 Å². The average Bonchev–Trinajstić information content (AvgIpc) is 2.56. The molecule has 0 spiro atoms. The van der Waals surface area contributed by atoms with Crippen LogP contribution >= 0.6 is 0 Å². The number of H-pyrrole nitrogens is 1. The van der Waals surface area contributed by atoms with Crippen LogP contribution in [0.2, 0.25) is 0 Å². The molecular weight excluding hydrogens is 276 g/mol. The summed E-state index contributed by atoms with van der Waals surface area (Å²) in [6.45, 7) is 2.03. The minimum atomic E-state index is -0.205. The SMILES string of the molecule is COc1ccc(-c2ncc(-c3ccc(C)cc3)[nH]c2=O)cc1. The lowest BCUT2D eigenvalue weighted by molar-refractivity contribution is 0.415. The molecule has 3 rings (SSSR count). The topological polar surface area (TPSA) is 55.0 Å². The lowest BCUT2D eigenvalue weighted by atomic mass is 10.1. The number of ether oxygens (including phenoxy) is 1. The Morgan fingerprint density at radius 3 is 2.18 bits per heavy atom. The molecule has 110 valence electrons. The Morgan fingerprint density at radius 2 is 1.59 bits per heavy atom. The van der Waals surface area contributed by atoms with E-state index in [2.05, 4.69) is 9.97 Å². The summed E-state index contributed by atoms with van der Waals surface area (Å²) in [5, 5.41) is 0. The van der Waals surface area contributed by atoms with Crippen molar-refractivity contribution in [1.29, 1.82) is 0 Å². The first-order chi connectivity index (χ1) is 10.7. The van der Waals surface area contributed by atoms with Crippen LogP contribution in [0.3, 0.4) is 0 Å². The first-order valence-electron chi connectivity index (χ1n) is 6.98. The maximum atomic E-state index is 12.3. The van der Waals surface area contributed by atoms with Gasteiger partial charge < -0.3 is 9.72 Å². The van der Waals surface area contributed by atoms with Crippen LogP contribution in [0, 0.1) is 6.92 Å². The van der Waals surface area contributed by atoms with Gasteiger partial charge >= 0.3 is 0 Å². The van der Waals surface area contributed by atoms with Crippen LogP contribution in [0.5, 0.6) is 5.75 Å². The van der Waals surface area contributed by atoms with Crippen molar-refractivity contribution in [3.63, 3.8) is 0 Å². The Bertz CT molecular complexity index is 834. The van der Waals surface area contributed by atoms with Crippen LogP contribution in [0.4, 0.5) is 0 Å². The van der Waals surface area contributed by atoms with Crippen LogP contribution in [0.1, 0.15) is 5.56 Å². The van der Waals surface area contributed by atoms with E-state index in [1.165, 1.54) is 5.56 Å². The van der Waals surface area contributed by atoms with Crippen molar-refractivity contribution in [2.75, 3.05) is 7.11 Å². The van der Waals surface area contributed by atoms with Gasteiger partial charge in [-0.1, -0.05) is 29.8 Å². The predicted octanol–water partition coefficient (Wildman–Crippen LogP) is 3.42. The van der Waals surface area contributed by atoms with Crippen molar-refractivity contribution in [3.05, 3.63) is 70.6 Å². The molecule has 0 saturated carbocycles. The lowest BCUT2D eigenvalue weighted by Crippen LogP contribution is -2.11. The minimum Gasteiger partial charge on any atom is -0.497 e. The summed E-state index contributed by atoms with van der Waals surface area (Å²) >= 11 is 0. The number of hydrogen-bond acceptors (Lipinski definition) is 3. The molecule has 0 amide bonds. The monoisotopic (exact) mass is 292 g/mol. The number of benzene rings is 2. The van der Waals surface area contributed by atoms with Crippen LogP contribution in [-0.4, -0.2) is 17.1 Å². The van der Waals surface area contributed by atoms with E-state index in [4.69, 9.17) is 4.74 Å². The lowest BCUT2D eigenvalue weighted by Gasteiger charge is -2.05. The van der Waals surface area contributed by atoms with E-state index in [0.717, 1.165) is 16.9 Å². The van der Waals surface area contributed by atoms with Gasteiger partial charge in [0.1, 0.15) is 11.4 Å². The van der Waals surface area contributed by atoms with Crippen molar-refractivity contribution in [2.24, 2.45) is 0 Å². The van der Waals surface area contributed by atoms with Crippen molar-refractivity contribution < 1.29 is 4.74 Å². The fourth-order valence-electron chi connectivity index (χ4n) is 2.24. The number of nitrogens with zero attached hydrogens (tertiary/aromatic N) is 1. The summed E-state index contributed by atoms with van der Waals surface area (Å²) in [5.41, 5.74) is 3.78. The number of nitrogens with one attached hydrogen (secondary N) is 1. The molecular formula is C18H16N2O2. The molecule has 0 aliphatic carbocycles. The zero-order chi connectivity index (χ0) is 15.5. The highest BCUT2D eigenvalue weighted by Gasteiger charge is 2.07. The number of rotatable bonds is 3. The molecule has 0 fully saturated rings. The van der Waals surface area contributed by atoms with E-state index in [1.807, 2.05) is 55.5 Å². The second-order valence-corrected chi connectivity index (χ2v) is 5.07. The van der Waals surface area contributed by atoms with Crippen molar-refractivity contribution in [1.82, 2.24) is 9.97 Å². The highest BCUT2D eigenvalue weighted by atomic mass is 16.5. The van der Waals surface area contributed by atoms with E-state index in [9.17, 15) is 4.79 Å². The van der Waals surface area contributed by atoms with Crippen LogP contribution < -0.4 is 10.3 Å². The Labute approximate surface area is 128 Å². The van der Waals surface area contributed by atoms with Crippen molar-refractivity contribution >= 4 is 0 Å². The molecule has 2 aromatic carbocycles. The first kappa shape index (κ1) is 14.1. The van der Waals surface area contributed by atoms with Crippen LogP contribution in [0.15, 0.2) is 59.5 Å². The summed E-state index contributed by atoms with van der Waals surface area (Å²) in [6, 6.07) is 15.2. The van der Waals surface area contributed by atoms with Crippen LogP contribution in [-0.2, 0) is 0 Å². The Kier molecular flexibility index (Phi) is 3.74. The van der Waals surface area contributed by atoms with Gasteiger partial charge in [0.15, 0.2) is 0 Å². The normalized spacial score (nSPS) is 10.5. The zero-order valence-corrected chi connectivity index (χ0v) is 12.5. The maximum Gasteiger partial charge on any atom is 0.274 e. The second-order valence-electron chi connectivity index (χ2n) is 5.07. The first-order valence-corrected chi connectivity index (χ1v) is 6.98. The molecule has 3 aromatic rings. The fourth-order valence-corrected chi connectivity index (χ4v) is 2.24. The molecule has 22 heavy (non-hydrogen) atoms. The van der Waals surface area contributed by atoms with Crippen LogP contribution in [0.25, 0.3) is 22.5 Å². The van der Waals surface area contributed by atoms with E-state index >= 15 is 0 Å². The molecule has 0 aliphatic heterocycles. The van der Waals surface area contributed by atoms with Gasteiger partial charge in [-0.2, -0.15) is 0 Å². The summed E-state index contributed by atoms with van der Waals surface area (Å²) < 4.78 is 5.12. The van der Waals surface area contributed by atoms with Gasteiger partial charge in [-0.3, -0.25) is 4.79 Å². The molecule has 1 aromatic heterocycles. The third-order valence-corrected chi connectivity index (χ3v) is 3.51. The largest absolute Gasteiger partial charge is 0.497 e. The number of aromatic amines is 1. The van der Waals surface area contributed by atoms with E-state index in [1.54, 1.807) is 13.3 Å². The maximum absolute atomic E-state index is 12.3. The quantitative estimate of drug-likeness (QED) is 0.804. The number of methoxy groups -OCH3 is 1. The summed E-state index contributed by atoms with van der Waals surface area (Å²) in [7, 11) is 1.61.